The van der Waals surface area contributed by atoms with E-state index in [0.717, 1.165) is 5.69 Å². The van der Waals surface area contributed by atoms with Crippen LogP contribution >= 0.6 is 11.6 Å². The van der Waals surface area contributed by atoms with Crippen LogP contribution in [-0.4, -0.2) is 29.8 Å². The van der Waals surface area contributed by atoms with Crippen molar-refractivity contribution < 1.29 is 4.79 Å². The smallest absolute Gasteiger partial charge is 0.270 e. The minimum absolute atomic E-state index is 0.143. The Hall–Kier alpha value is -4.24. The van der Waals surface area contributed by atoms with Crippen LogP contribution in [0.1, 0.15) is 6.92 Å². The third-order valence-corrected chi connectivity index (χ3v) is 5.13. The Morgan fingerprint density at radius 1 is 1.03 bits per heavy atom. The molecule has 2 N–H and O–H groups in total. The molecule has 0 unspecified atom stereocenters. The lowest BCUT2D eigenvalue weighted by atomic mass is 10.3. The fourth-order valence-electron chi connectivity index (χ4n) is 3.42. The van der Waals surface area contributed by atoms with Crippen LogP contribution in [0.2, 0.25) is 5.02 Å². The quantitative estimate of drug-likeness (QED) is 0.436. The molecule has 5 aromatic rings. The minimum Gasteiger partial charge on any atom is -0.326 e. The van der Waals surface area contributed by atoms with Gasteiger partial charge in [-0.3, -0.25) is 14.0 Å². The van der Waals surface area contributed by atoms with Crippen LogP contribution in [-0.2, 0) is 4.79 Å². The topological polar surface area (TPSA) is 106 Å². The third-order valence-electron chi connectivity index (χ3n) is 4.81. The molecule has 0 aliphatic heterocycles. The van der Waals surface area contributed by atoms with Gasteiger partial charge in [0.15, 0.2) is 5.65 Å². The number of para-hydroxylation sites is 1. The van der Waals surface area contributed by atoms with Crippen LogP contribution < -0.4 is 16.2 Å². The van der Waals surface area contributed by atoms with Crippen molar-refractivity contribution >= 4 is 51.6 Å². The molecule has 5 rings (SSSR count). The Morgan fingerprint density at radius 2 is 1.78 bits per heavy atom. The summed E-state index contributed by atoms with van der Waals surface area (Å²) >= 11 is 6.34. The second-order valence-corrected chi connectivity index (χ2v) is 7.41. The molecule has 0 radical (unpaired) electrons. The van der Waals surface area contributed by atoms with Gasteiger partial charge < -0.3 is 10.6 Å². The summed E-state index contributed by atoms with van der Waals surface area (Å²) in [5.74, 6) is 0.560. The van der Waals surface area contributed by atoms with E-state index in [4.69, 9.17) is 11.6 Å². The molecule has 10 heteroatoms. The number of hydrogen-bond acceptors (Lipinski definition) is 6. The zero-order valence-electron chi connectivity index (χ0n) is 16.8. The number of imidazole rings is 1. The van der Waals surface area contributed by atoms with E-state index >= 15 is 0 Å². The summed E-state index contributed by atoms with van der Waals surface area (Å²) in [7, 11) is 0. The SMILES string of the molecule is CC(=O)Nc1ccc(Nc2ncc3c(=O)n(-c4ccccc4Cl)c4nccn4c3n2)cc1. The lowest BCUT2D eigenvalue weighted by Gasteiger charge is -2.12. The highest BCUT2D eigenvalue weighted by Crippen LogP contribution is 2.23. The van der Waals surface area contributed by atoms with Gasteiger partial charge in [0.1, 0.15) is 5.39 Å². The van der Waals surface area contributed by atoms with E-state index in [-0.39, 0.29) is 11.5 Å². The second-order valence-electron chi connectivity index (χ2n) is 7.00. The van der Waals surface area contributed by atoms with Gasteiger partial charge in [0.25, 0.3) is 5.56 Å². The third kappa shape index (κ3) is 3.44. The number of anilines is 3. The number of hydrogen-bond donors (Lipinski definition) is 2. The maximum atomic E-state index is 13.3. The van der Waals surface area contributed by atoms with Gasteiger partial charge in [-0.15, -0.1) is 0 Å². The summed E-state index contributed by atoms with van der Waals surface area (Å²) in [6, 6.07) is 14.2. The van der Waals surface area contributed by atoms with Crippen molar-refractivity contribution in [3.63, 3.8) is 0 Å². The average Bonchev–Trinajstić information content (AvgIpc) is 3.26. The van der Waals surface area contributed by atoms with E-state index in [1.165, 1.54) is 17.7 Å². The van der Waals surface area contributed by atoms with Gasteiger partial charge in [-0.2, -0.15) is 4.98 Å². The molecule has 0 aliphatic rings. The number of nitrogens with one attached hydrogen (secondary N) is 2. The highest BCUT2D eigenvalue weighted by atomic mass is 35.5. The molecular formula is C22H16ClN7O2. The number of fused-ring (bicyclic) bond motifs is 3. The zero-order valence-corrected chi connectivity index (χ0v) is 17.5. The Morgan fingerprint density at radius 3 is 2.53 bits per heavy atom. The summed E-state index contributed by atoms with van der Waals surface area (Å²) in [4.78, 5) is 37.7. The van der Waals surface area contributed by atoms with E-state index < -0.39 is 0 Å². The first-order chi connectivity index (χ1) is 15.5. The van der Waals surface area contributed by atoms with Crippen molar-refractivity contribution in [2.24, 2.45) is 0 Å². The largest absolute Gasteiger partial charge is 0.326 e. The lowest BCUT2D eigenvalue weighted by molar-refractivity contribution is -0.114. The number of carbonyl (C=O) groups is 1. The van der Waals surface area contributed by atoms with Crippen LogP contribution in [0.3, 0.4) is 0 Å². The molecule has 0 aliphatic carbocycles. The first-order valence-electron chi connectivity index (χ1n) is 9.66. The number of nitrogens with zero attached hydrogens (tertiary/aromatic N) is 5. The van der Waals surface area contributed by atoms with E-state index in [2.05, 4.69) is 25.6 Å². The molecule has 0 atom stereocenters. The molecule has 0 saturated carbocycles. The monoisotopic (exact) mass is 445 g/mol. The Balaban J connectivity index is 1.60. The maximum Gasteiger partial charge on any atom is 0.270 e. The van der Waals surface area contributed by atoms with Gasteiger partial charge in [0.05, 0.1) is 10.7 Å². The molecule has 3 aromatic heterocycles. The molecule has 0 bridgehead atoms. The lowest BCUT2D eigenvalue weighted by Crippen LogP contribution is -2.22. The summed E-state index contributed by atoms with van der Waals surface area (Å²) in [6.07, 6.45) is 4.80. The molecular weight excluding hydrogens is 430 g/mol. The van der Waals surface area contributed by atoms with Gasteiger partial charge in [-0.25, -0.2) is 14.5 Å². The van der Waals surface area contributed by atoms with Crippen molar-refractivity contribution in [2.75, 3.05) is 10.6 Å². The van der Waals surface area contributed by atoms with Crippen molar-refractivity contribution in [3.8, 4) is 5.69 Å². The fraction of sp³-hybridized carbons (Fsp3) is 0.0455. The average molecular weight is 446 g/mol. The molecule has 158 valence electrons. The molecule has 9 nitrogen and oxygen atoms in total. The molecule has 3 heterocycles. The van der Waals surface area contributed by atoms with Crippen molar-refractivity contribution in [2.45, 2.75) is 6.92 Å². The molecule has 0 spiro atoms. The van der Waals surface area contributed by atoms with Crippen LogP contribution in [0.5, 0.6) is 0 Å². The van der Waals surface area contributed by atoms with E-state index in [1.807, 2.05) is 0 Å². The first kappa shape index (κ1) is 19.7. The highest BCUT2D eigenvalue weighted by Gasteiger charge is 2.17. The number of aromatic nitrogens is 5. The Labute approximate surface area is 186 Å². The van der Waals surface area contributed by atoms with Crippen molar-refractivity contribution in [1.29, 1.82) is 0 Å². The van der Waals surface area contributed by atoms with Crippen LogP contribution in [0.4, 0.5) is 17.3 Å². The standard InChI is InChI=1S/C22H16ClN7O2/c1-13(31)26-14-6-8-15(9-7-14)27-21-25-12-16-19(28-21)29-11-10-24-22(29)30(20(16)32)18-5-3-2-4-17(18)23/h2-12H,1H3,(H,26,31)(H,25,27,28). The van der Waals surface area contributed by atoms with E-state index in [9.17, 15) is 9.59 Å². The maximum absolute atomic E-state index is 13.3. The highest BCUT2D eigenvalue weighted by molar-refractivity contribution is 6.32. The molecule has 0 fully saturated rings. The van der Waals surface area contributed by atoms with Crippen molar-refractivity contribution in [1.82, 2.24) is 23.9 Å². The first-order valence-corrected chi connectivity index (χ1v) is 10.0. The van der Waals surface area contributed by atoms with Gasteiger partial charge >= 0.3 is 0 Å². The Bertz CT molecular complexity index is 1540. The van der Waals surface area contributed by atoms with E-state index in [1.54, 1.807) is 65.3 Å². The van der Waals surface area contributed by atoms with Gasteiger partial charge in [-0.1, -0.05) is 23.7 Å². The molecule has 2 aromatic carbocycles. The number of amides is 1. The normalized spacial score (nSPS) is 11.1. The van der Waals surface area contributed by atoms with Crippen LogP contribution in [0.15, 0.2) is 71.9 Å². The van der Waals surface area contributed by atoms with Gasteiger partial charge in [0, 0.05) is 36.9 Å². The zero-order chi connectivity index (χ0) is 22.2. The number of halogens is 1. The number of rotatable bonds is 4. The van der Waals surface area contributed by atoms with Gasteiger partial charge in [0.2, 0.25) is 17.6 Å². The summed E-state index contributed by atoms with van der Waals surface area (Å²) < 4.78 is 3.16. The molecule has 0 saturated heterocycles. The number of carbonyl (C=O) groups excluding carboxylic acids is 1. The fourth-order valence-corrected chi connectivity index (χ4v) is 3.64. The van der Waals surface area contributed by atoms with E-state index in [0.29, 0.717) is 39.2 Å². The minimum atomic E-state index is -0.321. The summed E-state index contributed by atoms with van der Waals surface area (Å²) in [6.45, 7) is 1.45. The second kappa shape index (κ2) is 7.78. The molecule has 1 amide bonds. The number of benzene rings is 2. The summed E-state index contributed by atoms with van der Waals surface area (Å²) in [5, 5.41) is 6.57. The van der Waals surface area contributed by atoms with Crippen LogP contribution in [0, 0.1) is 0 Å². The Kier molecular flexibility index (Phi) is 4.79. The predicted octanol–water partition coefficient (Wildman–Crippen LogP) is 3.78. The van der Waals surface area contributed by atoms with Crippen LogP contribution in [0.25, 0.3) is 22.5 Å². The molecule has 32 heavy (non-hydrogen) atoms. The summed E-state index contributed by atoms with van der Waals surface area (Å²) in [5.41, 5.74) is 2.03. The van der Waals surface area contributed by atoms with Crippen molar-refractivity contribution in [3.05, 3.63) is 82.5 Å². The predicted molar refractivity (Wildman–Crippen MR) is 123 cm³/mol. The van der Waals surface area contributed by atoms with Gasteiger partial charge in [-0.05, 0) is 36.4 Å².